The van der Waals surface area contributed by atoms with Gasteiger partial charge in [0.25, 0.3) is 5.91 Å². The van der Waals surface area contributed by atoms with Crippen molar-refractivity contribution in [1.82, 2.24) is 9.88 Å². The van der Waals surface area contributed by atoms with Crippen LogP contribution in [-0.2, 0) is 11.2 Å². The van der Waals surface area contributed by atoms with Crippen LogP contribution in [0.4, 0.5) is 0 Å². The van der Waals surface area contributed by atoms with Gasteiger partial charge in [0.1, 0.15) is 0 Å². The predicted octanol–water partition coefficient (Wildman–Crippen LogP) is 3.40. The molecule has 0 unspecified atom stereocenters. The molecule has 0 spiro atoms. The number of hydrogen-bond acceptors (Lipinski definition) is 4. The third kappa shape index (κ3) is 3.52. The molecule has 0 aromatic carbocycles. The lowest BCUT2D eigenvalue weighted by Gasteiger charge is -2.28. The molecule has 2 atom stereocenters. The lowest BCUT2D eigenvalue weighted by Crippen LogP contribution is -2.42. The Morgan fingerprint density at radius 1 is 1.25 bits per heavy atom. The van der Waals surface area contributed by atoms with E-state index in [0.29, 0.717) is 0 Å². The first-order valence-electron chi connectivity index (χ1n) is 8.65. The first-order chi connectivity index (χ1) is 11.8. The van der Waals surface area contributed by atoms with E-state index >= 15 is 0 Å². The van der Waals surface area contributed by atoms with Gasteiger partial charge in [-0.1, -0.05) is 0 Å². The van der Waals surface area contributed by atoms with Crippen LogP contribution in [0.2, 0.25) is 0 Å². The fourth-order valence-electron chi connectivity index (χ4n) is 3.37. The fraction of sp³-hybridized carbons (Fsp3) is 0.474. The number of rotatable bonds is 6. The summed E-state index contributed by atoms with van der Waals surface area (Å²) in [5, 5.41) is 3.90. The van der Waals surface area contributed by atoms with Gasteiger partial charge in [0.05, 0.1) is 17.7 Å². The van der Waals surface area contributed by atoms with Crippen LogP contribution in [0.25, 0.3) is 0 Å². The van der Waals surface area contributed by atoms with Gasteiger partial charge in [-0.2, -0.15) is 11.3 Å². The normalized spacial score (nSPS) is 23.6. The summed E-state index contributed by atoms with van der Waals surface area (Å²) in [6.45, 7) is 1.62. The largest absolute Gasteiger partial charge is 0.376 e. The highest BCUT2D eigenvalue weighted by atomic mass is 32.1. The van der Waals surface area contributed by atoms with Gasteiger partial charge in [-0.25, -0.2) is 0 Å². The van der Waals surface area contributed by atoms with Crippen LogP contribution in [0.5, 0.6) is 0 Å². The molecule has 2 fully saturated rings. The van der Waals surface area contributed by atoms with Gasteiger partial charge >= 0.3 is 0 Å². The minimum Gasteiger partial charge on any atom is -0.376 e. The number of carbonyl (C=O) groups excluding carboxylic acids is 1. The Bertz CT molecular complexity index is 670. The zero-order valence-electron chi connectivity index (χ0n) is 13.6. The molecule has 2 aliphatic rings. The molecule has 126 valence electrons. The van der Waals surface area contributed by atoms with E-state index in [9.17, 15) is 4.79 Å². The molecule has 2 aromatic rings. The Hall–Kier alpha value is -1.72. The second-order valence-electron chi connectivity index (χ2n) is 6.74. The smallest absolute Gasteiger partial charge is 0.255 e. The van der Waals surface area contributed by atoms with E-state index in [2.05, 4.69) is 4.98 Å². The lowest BCUT2D eigenvalue weighted by molar-refractivity contribution is 0.0200. The van der Waals surface area contributed by atoms with Gasteiger partial charge in [0, 0.05) is 30.9 Å². The molecular formula is C19H22N2O2S. The zero-order valence-corrected chi connectivity index (χ0v) is 14.5. The molecular weight excluding hydrogens is 320 g/mol. The Labute approximate surface area is 146 Å². The van der Waals surface area contributed by atoms with E-state index in [0.717, 1.165) is 37.5 Å². The molecule has 1 aliphatic heterocycles. The molecule has 0 N–H and O–H groups in total. The first-order valence-corrected chi connectivity index (χ1v) is 9.59. The second-order valence-corrected chi connectivity index (χ2v) is 7.52. The number of hydrogen-bond donors (Lipinski definition) is 0. The van der Waals surface area contributed by atoms with Crippen molar-refractivity contribution in [3.8, 4) is 0 Å². The quantitative estimate of drug-likeness (QED) is 0.808. The van der Waals surface area contributed by atoms with Crippen LogP contribution in [0, 0.1) is 5.92 Å². The molecule has 24 heavy (non-hydrogen) atoms. The van der Waals surface area contributed by atoms with Gasteiger partial charge in [-0.3, -0.25) is 9.78 Å². The first kappa shape index (κ1) is 15.8. The third-order valence-corrected chi connectivity index (χ3v) is 5.63. The Kier molecular flexibility index (Phi) is 4.63. The molecule has 4 rings (SSSR count). The van der Waals surface area contributed by atoms with Crippen molar-refractivity contribution in [3.63, 3.8) is 0 Å². The monoisotopic (exact) mass is 342 g/mol. The molecule has 1 amide bonds. The molecule has 0 bridgehead atoms. The third-order valence-electron chi connectivity index (χ3n) is 4.95. The van der Waals surface area contributed by atoms with E-state index in [1.54, 1.807) is 11.3 Å². The molecule has 1 aliphatic carbocycles. The van der Waals surface area contributed by atoms with Gasteiger partial charge in [-0.15, -0.1) is 0 Å². The molecule has 0 radical (unpaired) electrons. The van der Waals surface area contributed by atoms with E-state index in [1.807, 2.05) is 46.3 Å². The summed E-state index contributed by atoms with van der Waals surface area (Å²) in [4.78, 5) is 19.0. The molecule has 5 heteroatoms. The van der Waals surface area contributed by atoms with E-state index < -0.39 is 0 Å². The maximum absolute atomic E-state index is 12.9. The summed E-state index contributed by atoms with van der Waals surface area (Å²) in [7, 11) is 0. The van der Waals surface area contributed by atoms with Gasteiger partial charge < -0.3 is 9.64 Å². The summed E-state index contributed by atoms with van der Waals surface area (Å²) in [5.41, 5.74) is 2.00. The number of thiophene rings is 1. The van der Waals surface area contributed by atoms with Crippen molar-refractivity contribution in [1.29, 1.82) is 0 Å². The number of aromatic nitrogens is 1. The minimum atomic E-state index is 0.110. The molecule has 3 heterocycles. The number of amides is 1. The summed E-state index contributed by atoms with van der Waals surface area (Å²) < 4.78 is 6.20. The summed E-state index contributed by atoms with van der Waals surface area (Å²) in [6, 6.07) is 6.08. The zero-order chi connectivity index (χ0) is 16.4. The van der Waals surface area contributed by atoms with E-state index in [1.165, 1.54) is 18.4 Å². The summed E-state index contributed by atoms with van der Waals surface area (Å²) in [6.07, 6.45) is 8.11. The van der Waals surface area contributed by atoms with Gasteiger partial charge in [0.15, 0.2) is 0 Å². The van der Waals surface area contributed by atoms with Crippen LogP contribution in [0.1, 0.15) is 35.2 Å². The Morgan fingerprint density at radius 2 is 2.08 bits per heavy atom. The number of nitrogens with zero attached hydrogens (tertiary/aromatic N) is 2. The maximum atomic E-state index is 12.9. The van der Waals surface area contributed by atoms with Crippen molar-refractivity contribution >= 4 is 17.2 Å². The van der Waals surface area contributed by atoms with Crippen LogP contribution < -0.4 is 0 Å². The predicted molar refractivity (Wildman–Crippen MR) is 94.2 cm³/mol. The number of pyridine rings is 1. The highest BCUT2D eigenvalue weighted by Crippen LogP contribution is 2.32. The highest BCUT2D eigenvalue weighted by Gasteiger charge is 2.39. The average Bonchev–Trinajstić information content (AvgIpc) is 3.12. The van der Waals surface area contributed by atoms with Crippen molar-refractivity contribution in [2.75, 3.05) is 13.2 Å². The molecule has 1 saturated carbocycles. The fourth-order valence-corrected chi connectivity index (χ4v) is 4.00. The standard InChI is InChI=1S/C19H22N2O2S/c22-19(16-6-10-24-13-16)21-9-5-18(23-12-15-1-2-15)17(21)11-14-3-7-20-8-4-14/h3-4,6-8,10,13,15,17-18H,1-2,5,9,11-12H2/t17-,18-/m1/s1. The van der Waals surface area contributed by atoms with Crippen LogP contribution in [0.15, 0.2) is 41.4 Å². The minimum absolute atomic E-state index is 0.110. The van der Waals surface area contributed by atoms with Crippen molar-refractivity contribution in [3.05, 3.63) is 52.5 Å². The van der Waals surface area contributed by atoms with Crippen molar-refractivity contribution < 1.29 is 9.53 Å². The molecule has 1 saturated heterocycles. The highest BCUT2D eigenvalue weighted by molar-refractivity contribution is 7.08. The average molecular weight is 342 g/mol. The number of carbonyl (C=O) groups is 1. The molecule has 2 aromatic heterocycles. The topological polar surface area (TPSA) is 42.4 Å². The summed E-state index contributed by atoms with van der Waals surface area (Å²) in [5.74, 6) is 0.876. The number of likely N-dealkylation sites (tertiary alicyclic amines) is 1. The van der Waals surface area contributed by atoms with Crippen molar-refractivity contribution in [2.24, 2.45) is 5.92 Å². The molecule has 4 nitrogen and oxygen atoms in total. The number of ether oxygens (including phenoxy) is 1. The van der Waals surface area contributed by atoms with Crippen LogP contribution >= 0.6 is 11.3 Å². The van der Waals surface area contributed by atoms with Crippen molar-refractivity contribution in [2.45, 2.75) is 37.8 Å². The maximum Gasteiger partial charge on any atom is 0.255 e. The SMILES string of the molecule is O=C(c1ccsc1)N1CC[C@@H](OCC2CC2)[C@H]1Cc1ccncc1. The Morgan fingerprint density at radius 3 is 2.79 bits per heavy atom. The van der Waals surface area contributed by atoms with E-state index in [4.69, 9.17) is 4.74 Å². The van der Waals surface area contributed by atoms with Crippen LogP contribution in [-0.4, -0.2) is 41.1 Å². The second kappa shape index (κ2) is 7.03. The van der Waals surface area contributed by atoms with Crippen LogP contribution in [0.3, 0.4) is 0 Å². The lowest BCUT2D eigenvalue weighted by atomic mass is 10.0. The van der Waals surface area contributed by atoms with Gasteiger partial charge in [0.2, 0.25) is 0 Å². The van der Waals surface area contributed by atoms with Gasteiger partial charge in [-0.05, 0) is 60.7 Å². The van der Waals surface area contributed by atoms with E-state index in [-0.39, 0.29) is 18.1 Å². The Balaban J connectivity index is 1.51. The summed E-state index contributed by atoms with van der Waals surface area (Å²) >= 11 is 1.57.